The summed E-state index contributed by atoms with van der Waals surface area (Å²) in [6, 6.07) is 1.22. The van der Waals surface area contributed by atoms with Gasteiger partial charge in [-0.15, -0.1) is 0 Å². The van der Waals surface area contributed by atoms with Gasteiger partial charge in [0, 0.05) is 24.4 Å². The molecule has 2 fully saturated rings. The normalized spacial score (nSPS) is 36.9. The summed E-state index contributed by atoms with van der Waals surface area (Å²) in [4.78, 5) is 2.59. The Bertz CT molecular complexity index is 281. The van der Waals surface area contributed by atoms with Crippen LogP contribution in [0.15, 0.2) is 0 Å². The van der Waals surface area contributed by atoms with Gasteiger partial charge in [-0.1, -0.05) is 20.8 Å². The number of thioether (sulfide) groups is 1. The lowest BCUT2D eigenvalue weighted by atomic mass is 9.67. The van der Waals surface area contributed by atoms with E-state index < -0.39 is 0 Å². The van der Waals surface area contributed by atoms with E-state index in [2.05, 4.69) is 44.5 Å². The van der Waals surface area contributed by atoms with Gasteiger partial charge in [-0.2, -0.15) is 11.8 Å². The molecule has 1 saturated carbocycles. The molecule has 2 nitrogen and oxygen atoms in total. The molecule has 112 valence electrons. The highest BCUT2D eigenvalue weighted by Gasteiger charge is 2.35. The quantitative estimate of drug-likeness (QED) is 0.863. The average molecular weight is 285 g/mol. The second kappa shape index (κ2) is 6.36. The Morgan fingerprint density at radius 3 is 2.53 bits per heavy atom. The van der Waals surface area contributed by atoms with Crippen LogP contribution in [-0.4, -0.2) is 42.1 Å². The molecule has 0 radical (unpaired) electrons. The third kappa shape index (κ3) is 4.12. The molecule has 2 N–H and O–H groups in total. The van der Waals surface area contributed by atoms with E-state index in [1.807, 2.05) is 0 Å². The molecule has 1 aliphatic carbocycles. The summed E-state index contributed by atoms with van der Waals surface area (Å²) < 4.78 is 0. The zero-order chi connectivity index (χ0) is 14.0. The van der Waals surface area contributed by atoms with Gasteiger partial charge in [0.05, 0.1) is 0 Å². The maximum Gasteiger partial charge on any atom is 0.0191 e. The van der Waals surface area contributed by atoms with Crippen molar-refractivity contribution in [3.8, 4) is 0 Å². The predicted octanol–water partition coefficient (Wildman–Crippen LogP) is 3.21. The van der Waals surface area contributed by atoms with Crippen LogP contribution in [0.25, 0.3) is 0 Å². The monoisotopic (exact) mass is 284 g/mol. The molecule has 0 spiro atoms. The SMILES string of the molecule is CN(CC1CC(C(C)(C)C)CCC1N)C1CCSC1. The highest BCUT2D eigenvalue weighted by Crippen LogP contribution is 2.40. The van der Waals surface area contributed by atoms with Crippen molar-refractivity contribution in [2.45, 2.75) is 58.5 Å². The van der Waals surface area contributed by atoms with Crippen LogP contribution >= 0.6 is 11.8 Å². The van der Waals surface area contributed by atoms with Crippen molar-refractivity contribution in [3.05, 3.63) is 0 Å². The van der Waals surface area contributed by atoms with Crippen molar-refractivity contribution in [1.29, 1.82) is 0 Å². The summed E-state index contributed by atoms with van der Waals surface area (Å²) >= 11 is 2.11. The molecular weight excluding hydrogens is 252 g/mol. The second-order valence-corrected chi connectivity index (χ2v) is 8.91. The largest absolute Gasteiger partial charge is 0.327 e. The molecule has 0 amide bonds. The van der Waals surface area contributed by atoms with Gasteiger partial charge in [0.15, 0.2) is 0 Å². The lowest BCUT2D eigenvalue weighted by molar-refractivity contribution is 0.0973. The van der Waals surface area contributed by atoms with Crippen molar-refractivity contribution in [2.75, 3.05) is 25.1 Å². The van der Waals surface area contributed by atoms with E-state index in [0.717, 1.165) is 12.0 Å². The minimum absolute atomic E-state index is 0.426. The zero-order valence-corrected chi connectivity index (χ0v) is 14.0. The van der Waals surface area contributed by atoms with E-state index in [0.29, 0.717) is 17.4 Å². The van der Waals surface area contributed by atoms with Gasteiger partial charge in [0.1, 0.15) is 0 Å². The van der Waals surface area contributed by atoms with Crippen LogP contribution in [0.3, 0.4) is 0 Å². The lowest BCUT2D eigenvalue weighted by Gasteiger charge is -2.42. The van der Waals surface area contributed by atoms with Crippen molar-refractivity contribution >= 4 is 11.8 Å². The molecule has 1 heterocycles. The maximum absolute atomic E-state index is 6.40. The zero-order valence-electron chi connectivity index (χ0n) is 13.2. The third-order valence-electron chi connectivity index (χ3n) is 5.32. The topological polar surface area (TPSA) is 29.3 Å². The van der Waals surface area contributed by atoms with Gasteiger partial charge in [0.25, 0.3) is 0 Å². The Kier molecular flexibility index (Phi) is 5.24. The molecule has 1 saturated heterocycles. The number of nitrogens with two attached hydrogens (primary N) is 1. The van der Waals surface area contributed by atoms with Crippen molar-refractivity contribution in [3.63, 3.8) is 0 Å². The Hall–Kier alpha value is 0.270. The molecule has 19 heavy (non-hydrogen) atoms. The summed E-state index contributed by atoms with van der Waals surface area (Å²) in [5, 5.41) is 0. The summed E-state index contributed by atoms with van der Waals surface area (Å²) in [5.74, 6) is 4.22. The van der Waals surface area contributed by atoms with E-state index in [1.54, 1.807) is 0 Å². The molecule has 0 aromatic rings. The highest BCUT2D eigenvalue weighted by atomic mass is 32.2. The van der Waals surface area contributed by atoms with E-state index in [4.69, 9.17) is 5.73 Å². The standard InChI is InChI=1S/C16H32N2S/c1-16(2,3)13-5-6-15(17)12(9-13)10-18(4)14-7-8-19-11-14/h12-15H,5-11,17H2,1-4H3. The molecule has 0 aromatic heterocycles. The number of hydrogen-bond donors (Lipinski definition) is 1. The summed E-state index contributed by atoms with van der Waals surface area (Å²) in [5.41, 5.74) is 6.84. The molecule has 1 aliphatic heterocycles. The van der Waals surface area contributed by atoms with E-state index in [-0.39, 0.29) is 0 Å². The van der Waals surface area contributed by atoms with Gasteiger partial charge in [-0.25, -0.2) is 0 Å². The first-order valence-corrected chi connectivity index (χ1v) is 9.07. The van der Waals surface area contributed by atoms with Crippen molar-refractivity contribution in [1.82, 2.24) is 4.90 Å². The summed E-state index contributed by atoms with van der Waals surface area (Å²) in [6.07, 6.45) is 5.24. The summed E-state index contributed by atoms with van der Waals surface area (Å²) in [7, 11) is 2.31. The van der Waals surface area contributed by atoms with Crippen molar-refractivity contribution < 1.29 is 0 Å². The van der Waals surface area contributed by atoms with Crippen LogP contribution < -0.4 is 5.73 Å². The first kappa shape index (κ1) is 15.7. The molecular formula is C16H32N2S. The molecule has 3 heteroatoms. The molecule has 2 aliphatic rings. The van der Waals surface area contributed by atoms with Crippen LogP contribution in [0.5, 0.6) is 0 Å². The Morgan fingerprint density at radius 2 is 1.95 bits per heavy atom. The van der Waals surface area contributed by atoms with Gasteiger partial charge < -0.3 is 10.6 Å². The summed E-state index contributed by atoms with van der Waals surface area (Å²) in [6.45, 7) is 8.38. The smallest absolute Gasteiger partial charge is 0.0191 e. The van der Waals surface area contributed by atoms with Crippen LogP contribution in [-0.2, 0) is 0 Å². The molecule has 4 atom stereocenters. The highest BCUT2D eigenvalue weighted by molar-refractivity contribution is 7.99. The molecule has 4 unspecified atom stereocenters. The van der Waals surface area contributed by atoms with E-state index in [1.165, 1.54) is 43.7 Å². The molecule has 0 aromatic carbocycles. The number of rotatable bonds is 3. The minimum Gasteiger partial charge on any atom is -0.327 e. The molecule has 2 rings (SSSR count). The number of hydrogen-bond acceptors (Lipinski definition) is 3. The lowest BCUT2D eigenvalue weighted by Crippen LogP contribution is -2.46. The Labute approximate surface area is 123 Å². The number of nitrogens with zero attached hydrogens (tertiary/aromatic N) is 1. The van der Waals surface area contributed by atoms with Gasteiger partial charge in [0.2, 0.25) is 0 Å². The van der Waals surface area contributed by atoms with Crippen molar-refractivity contribution in [2.24, 2.45) is 23.0 Å². The average Bonchev–Trinajstić information content (AvgIpc) is 2.84. The first-order chi connectivity index (χ1) is 8.88. The van der Waals surface area contributed by atoms with Crippen LogP contribution in [0.1, 0.15) is 46.5 Å². The second-order valence-electron chi connectivity index (χ2n) is 7.76. The maximum atomic E-state index is 6.40. The van der Waals surface area contributed by atoms with E-state index >= 15 is 0 Å². The fourth-order valence-corrected chi connectivity index (χ4v) is 4.97. The first-order valence-electron chi connectivity index (χ1n) is 7.91. The van der Waals surface area contributed by atoms with Crippen LogP contribution in [0.2, 0.25) is 0 Å². The van der Waals surface area contributed by atoms with Gasteiger partial charge in [-0.05, 0) is 55.7 Å². The third-order valence-corrected chi connectivity index (χ3v) is 6.46. The fourth-order valence-electron chi connectivity index (χ4n) is 3.67. The fraction of sp³-hybridized carbons (Fsp3) is 1.00. The predicted molar refractivity (Wildman–Crippen MR) is 86.6 cm³/mol. The Morgan fingerprint density at radius 1 is 1.21 bits per heavy atom. The van der Waals surface area contributed by atoms with Crippen LogP contribution in [0, 0.1) is 17.3 Å². The van der Waals surface area contributed by atoms with Gasteiger partial charge in [-0.3, -0.25) is 0 Å². The minimum atomic E-state index is 0.426. The van der Waals surface area contributed by atoms with Gasteiger partial charge >= 0.3 is 0 Å². The van der Waals surface area contributed by atoms with Crippen LogP contribution in [0.4, 0.5) is 0 Å². The van der Waals surface area contributed by atoms with E-state index in [9.17, 15) is 0 Å². The molecule has 0 bridgehead atoms. The Balaban J connectivity index is 1.89.